The van der Waals surface area contributed by atoms with Gasteiger partial charge in [-0.3, -0.25) is 0 Å². The highest BCUT2D eigenvalue weighted by molar-refractivity contribution is 6.10. The molecule has 0 spiro atoms. The quantitative estimate of drug-likeness (QED) is 0.156. The van der Waals surface area contributed by atoms with E-state index in [0.717, 1.165) is 56.7 Å². The molecule has 0 N–H and O–H groups in total. The summed E-state index contributed by atoms with van der Waals surface area (Å²) in [5, 5.41) is 2.44. The van der Waals surface area contributed by atoms with E-state index in [1.807, 2.05) is 36.4 Å². The van der Waals surface area contributed by atoms with Crippen molar-refractivity contribution >= 4 is 38.9 Å². The fourth-order valence-corrected chi connectivity index (χ4v) is 7.98. The summed E-state index contributed by atoms with van der Waals surface area (Å²) in [6.07, 6.45) is 0. The highest BCUT2D eigenvalue weighted by Crippen LogP contribution is 2.40. The van der Waals surface area contributed by atoms with E-state index in [2.05, 4.69) is 192 Å². The predicted octanol–water partition coefficient (Wildman–Crippen LogP) is 14.0. The molecular formula is C53H38N4. The van der Waals surface area contributed by atoms with Crippen LogP contribution in [0.15, 0.2) is 212 Å². The first-order chi connectivity index (χ1) is 28.2. The molecule has 0 aliphatic rings. The number of fused-ring (bicyclic) bond motifs is 3. The lowest BCUT2D eigenvalue weighted by molar-refractivity contribution is 1.18. The van der Waals surface area contributed by atoms with Crippen LogP contribution in [-0.4, -0.2) is 14.5 Å². The molecule has 0 unspecified atom stereocenters. The summed E-state index contributed by atoms with van der Waals surface area (Å²) in [5.74, 6) is 0.718. The number of hydrogen-bond acceptors (Lipinski definition) is 3. The summed E-state index contributed by atoms with van der Waals surface area (Å²) in [5.41, 5.74) is 15.3. The molecule has 0 atom stereocenters. The Hall–Kier alpha value is -7.56. The van der Waals surface area contributed by atoms with E-state index in [0.29, 0.717) is 0 Å². The zero-order valence-corrected chi connectivity index (χ0v) is 31.5. The lowest BCUT2D eigenvalue weighted by atomic mass is 9.96. The van der Waals surface area contributed by atoms with Crippen LogP contribution in [-0.2, 0) is 0 Å². The molecule has 10 rings (SSSR count). The number of rotatable bonds is 8. The van der Waals surface area contributed by atoms with E-state index < -0.39 is 0 Å². The maximum Gasteiger partial charge on any atom is 0.160 e. The van der Waals surface area contributed by atoms with E-state index in [1.54, 1.807) is 0 Å². The van der Waals surface area contributed by atoms with Gasteiger partial charge in [0.05, 0.1) is 22.4 Å². The largest absolute Gasteiger partial charge is 0.310 e. The van der Waals surface area contributed by atoms with Crippen molar-refractivity contribution < 1.29 is 0 Å². The van der Waals surface area contributed by atoms with Crippen LogP contribution in [0.25, 0.3) is 72.5 Å². The number of aromatic nitrogens is 3. The van der Waals surface area contributed by atoms with Crippen LogP contribution in [0, 0.1) is 6.92 Å². The van der Waals surface area contributed by atoms with Crippen LogP contribution in [0.4, 0.5) is 17.1 Å². The van der Waals surface area contributed by atoms with Gasteiger partial charge < -0.3 is 9.47 Å². The van der Waals surface area contributed by atoms with Crippen molar-refractivity contribution in [3.8, 4) is 50.7 Å². The highest BCUT2D eigenvalue weighted by Gasteiger charge is 2.18. The van der Waals surface area contributed by atoms with E-state index >= 15 is 0 Å². The molecule has 4 nitrogen and oxygen atoms in total. The minimum absolute atomic E-state index is 0.718. The standard InChI is InChI=1S/C53H38N4/c1-37-34-41(50-36-49(39-16-6-2-7-17-39)54-53(55-50)40-18-8-3-9-19-40)28-32-46(37)38-26-29-44(30-27-38)57-51-25-15-14-24-47(51)48-35-45(31-33-52(48)57)56(42-20-10-4-11-21-42)43-22-12-5-13-23-43/h2-36H,1H3. The molecule has 0 saturated heterocycles. The van der Waals surface area contributed by atoms with Gasteiger partial charge in [-0.25, -0.2) is 9.97 Å². The Labute approximate surface area is 332 Å². The summed E-state index contributed by atoms with van der Waals surface area (Å²) >= 11 is 0. The molecule has 4 heteroatoms. The van der Waals surface area contributed by atoms with Crippen LogP contribution in [0.1, 0.15) is 5.56 Å². The van der Waals surface area contributed by atoms with Crippen molar-refractivity contribution in [3.05, 3.63) is 218 Å². The van der Waals surface area contributed by atoms with Gasteiger partial charge in [-0.2, -0.15) is 0 Å². The number of benzene rings is 8. The van der Waals surface area contributed by atoms with Crippen molar-refractivity contribution in [2.75, 3.05) is 4.90 Å². The topological polar surface area (TPSA) is 34.0 Å². The van der Waals surface area contributed by atoms with Gasteiger partial charge >= 0.3 is 0 Å². The number of nitrogens with zero attached hydrogens (tertiary/aromatic N) is 4. The average Bonchev–Trinajstić information content (AvgIpc) is 3.61. The maximum atomic E-state index is 5.06. The van der Waals surface area contributed by atoms with Gasteiger partial charge in [-0.05, 0) is 96.4 Å². The van der Waals surface area contributed by atoms with Crippen molar-refractivity contribution in [3.63, 3.8) is 0 Å². The lowest BCUT2D eigenvalue weighted by Gasteiger charge is -2.25. The van der Waals surface area contributed by atoms with Crippen molar-refractivity contribution in [1.82, 2.24) is 14.5 Å². The maximum absolute atomic E-state index is 5.06. The Morgan fingerprint density at radius 1 is 0.386 bits per heavy atom. The normalized spacial score (nSPS) is 11.2. The Kier molecular flexibility index (Phi) is 8.69. The van der Waals surface area contributed by atoms with Crippen molar-refractivity contribution in [1.29, 1.82) is 0 Å². The van der Waals surface area contributed by atoms with Gasteiger partial charge in [-0.15, -0.1) is 0 Å². The van der Waals surface area contributed by atoms with Gasteiger partial charge in [0.25, 0.3) is 0 Å². The van der Waals surface area contributed by atoms with Crippen LogP contribution < -0.4 is 4.90 Å². The monoisotopic (exact) mass is 730 g/mol. The molecule has 270 valence electrons. The zero-order chi connectivity index (χ0) is 38.1. The Bertz CT molecular complexity index is 2890. The molecule has 0 fully saturated rings. The summed E-state index contributed by atoms with van der Waals surface area (Å²) in [6, 6.07) is 74.9. The van der Waals surface area contributed by atoms with Crippen LogP contribution in [0.3, 0.4) is 0 Å². The predicted molar refractivity (Wildman–Crippen MR) is 238 cm³/mol. The van der Waals surface area contributed by atoms with Crippen molar-refractivity contribution in [2.24, 2.45) is 0 Å². The summed E-state index contributed by atoms with van der Waals surface area (Å²) in [6.45, 7) is 2.18. The van der Waals surface area contributed by atoms with Crippen LogP contribution in [0.2, 0.25) is 0 Å². The second-order valence-corrected chi connectivity index (χ2v) is 14.3. The highest BCUT2D eigenvalue weighted by atomic mass is 15.1. The number of aryl methyl sites for hydroxylation is 1. The molecule has 57 heavy (non-hydrogen) atoms. The first-order valence-corrected chi connectivity index (χ1v) is 19.3. The molecule has 0 bridgehead atoms. The third kappa shape index (κ3) is 6.43. The van der Waals surface area contributed by atoms with Gasteiger partial charge in [0.2, 0.25) is 0 Å². The van der Waals surface area contributed by atoms with Gasteiger partial charge in [0.1, 0.15) is 0 Å². The van der Waals surface area contributed by atoms with Gasteiger partial charge in [0, 0.05) is 50.2 Å². The summed E-state index contributed by atoms with van der Waals surface area (Å²) in [4.78, 5) is 12.4. The minimum Gasteiger partial charge on any atom is -0.310 e. The van der Waals surface area contributed by atoms with Crippen molar-refractivity contribution in [2.45, 2.75) is 6.92 Å². The van der Waals surface area contributed by atoms with E-state index in [9.17, 15) is 0 Å². The third-order valence-electron chi connectivity index (χ3n) is 10.7. The molecule has 0 saturated carbocycles. The lowest BCUT2D eigenvalue weighted by Crippen LogP contribution is -2.09. The third-order valence-corrected chi connectivity index (χ3v) is 10.7. The van der Waals surface area contributed by atoms with E-state index in [-0.39, 0.29) is 0 Å². The minimum atomic E-state index is 0.718. The molecule has 0 radical (unpaired) electrons. The zero-order valence-electron chi connectivity index (χ0n) is 31.5. The molecule has 8 aromatic carbocycles. The molecule has 2 aromatic heterocycles. The fraction of sp³-hybridized carbons (Fsp3) is 0.0189. The van der Waals surface area contributed by atoms with Gasteiger partial charge in [0.15, 0.2) is 5.82 Å². The SMILES string of the molecule is Cc1cc(-c2cc(-c3ccccc3)nc(-c3ccccc3)n2)ccc1-c1ccc(-n2c3ccccc3c3cc(N(c4ccccc4)c4ccccc4)ccc32)cc1. The number of anilines is 3. The molecule has 0 aliphatic heterocycles. The number of hydrogen-bond donors (Lipinski definition) is 0. The first-order valence-electron chi connectivity index (χ1n) is 19.3. The molecular weight excluding hydrogens is 693 g/mol. The van der Waals surface area contributed by atoms with Crippen LogP contribution in [0.5, 0.6) is 0 Å². The summed E-state index contributed by atoms with van der Waals surface area (Å²) < 4.78 is 2.38. The van der Waals surface area contributed by atoms with Crippen LogP contribution >= 0.6 is 0 Å². The molecule has 0 amide bonds. The average molecular weight is 731 g/mol. The second kappa shape index (κ2) is 14.6. The van der Waals surface area contributed by atoms with E-state index in [1.165, 1.54) is 38.5 Å². The van der Waals surface area contributed by atoms with Gasteiger partial charge in [-0.1, -0.05) is 140 Å². The number of para-hydroxylation sites is 3. The molecule has 10 aromatic rings. The summed E-state index contributed by atoms with van der Waals surface area (Å²) in [7, 11) is 0. The molecule has 2 heterocycles. The molecule has 0 aliphatic carbocycles. The Morgan fingerprint density at radius 3 is 1.58 bits per heavy atom. The fourth-order valence-electron chi connectivity index (χ4n) is 7.98. The Morgan fingerprint density at radius 2 is 0.930 bits per heavy atom. The first kappa shape index (κ1) is 34.0. The Balaban J connectivity index is 1.01. The smallest absolute Gasteiger partial charge is 0.160 e. The van der Waals surface area contributed by atoms with E-state index in [4.69, 9.17) is 9.97 Å². The second-order valence-electron chi connectivity index (χ2n) is 14.3.